The molecule has 1 aromatic heterocycles. The van der Waals surface area contributed by atoms with Crippen molar-refractivity contribution < 1.29 is 9.90 Å². The second-order valence-corrected chi connectivity index (χ2v) is 4.75. The van der Waals surface area contributed by atoms with Crippen molar-refractivity contribution in [2.75, 3.05) is 6.54 Å². The SMILES string of the molecule is CC(C)N(CC(=O)O)Cc1c[nH]c2ccccc12. The Morgan fingerprint density at radius 3 is 2.78 bits per heavy atom. The second-order valence-electron chi connectivity index (χ2n) is 4.75. The van der Waals surface area contributed by atoms with Gasteiger partial charge in [0.05, 0.1) is 6.54 Å². The summed E-state index contributed by atoms with van der Waals surface area (Å²) in [7, 11) is 0. The van der Waals surface area contributed by atoms with Crippen molar-refractivity contribution in [3.8, 4) is 0 Å². The Bertz CT molecular complexity index is 545. The van der Waals surface area contributed by atoms with Gasteiger partial charge in [0.25, 0.3) is 0 Å². The summed E-state index contributed by atoms with van der Waals surface area (Å²) in [5, 5.41) is 10.1. The maximum Gasteiger partial charge on any atom is 0.317 e. The Labute approximate surface area is 106 Å². The Kier molecular flexibility index (Phi) is 3.67. The summed E-state index contributed by atoms with van der Waals surface area (Å²) in [5.74, 6) is -0.788. The Balaban J connectivity index is 2.23. The highest BCUT2D eigenvalue weighted by molar-refractivity contribution is 5.83. The first-order valence-corrected chi connectivity index (χ1v) is 6.08. The predicted octanol–water partition coefficient (Wildman–Crippen LogP) is 2.46. The van der Waals surface area contributed by atoms with Crippen molar-refractivity contribution >= 4 is 16.9 Å². The Morgan fingerprint density at radius 1 is 1.39 bits per heavy atom. The molecule has 2 rings (SSSR count). The van der Waals surface area contributed by atoms with Crippen LogP contribution in [-0.2, 0) is 11.3 Å². The number of H-pyrrole nitrogens is 1. The molecule has 0 amide bonds. The van der Waals surface area contributed by atoms with Crippen molar-refractivity contribution in [2.24, 2.45) is 0 Å². The van der Waals surface area contributed by atoms with Crippen LogP contribution in [0.25, 0.3) is 10.9 Å². The lowest BCUT2D eigenvalue weighted by Crippen LogP contribution is -2.35. The van der Waals surface area contributed by atoms with Gasteiger partial charge in [-0.25, -0.2) is 0 Å². The average molecular weight is 246 g/mol. The zero-order chi connectivity index (χ0) is 13.1. The molecule has 2 aromatic rings. The first-order valence-electron chi connectivity index (χ1n) is 6.08. The highest BCUT2D eigenvalue weighted by Gasteiger charge is 2.15. The molecule has 0 saturated heterocycles. The van der Waals surface area contributed by atoms with Gasteiger partial charge in [-0.15, -0.1) is 0 Å². The van der Waals surface area contributed by atoms with Crippen LogP contribution >= 0.6 is 0 Å². The van der Waals surface area contributed by atoms with E-state index in [-0.39, 0.29) is 12.6 Å². The average Bonchev–Trinajstić information content (AvgIpc) is 2.71. The number of aliphatic carboxylic acids is 1. The van der Waals surface area contributed by atoms with Gasteiger partial charge in [0.2, 0.25) is 0 Å². The van der Waals surface area contributed by atoms with E-state index >= 15 is 0 Å². The molecule has 0 bridgehead atoms. The molecular formula is C14H18N2O2. The van der Waals surface area contributed by atoms with Gasteiger partial charge in [-0.3, -0.25) is 9.69 Å². The maximum absolute atomic E-state index is 10.9. The van der Waals surface area contributed by atoms with E-state index < -0.39 is 5.97 Å². The molecule has 4 heteroatoms. The minimum atomic E-state index is -0.788. The fourth-order valence-electron chi connectivity index (χ4n) is 2.08. The van der Waals surface area contributed by atoms with Crippen molar-refractivity contribution in [2.45, 2.75) is 26.4 Å². The largest absolute Gasteiger partial charge is 0.480 e. The van der Waals surface area contributed by atoms with E-state index in [2.05, 4.69) is 11.1 Å². The molecule has 0 aliphatic heterocycles. The number of rotatable bonds is 5. The number of benzene rings is 1. The lowest BCUT2D eigenvalue weighted by Gasteiger charge is -2.24. The van der Waals surface area contributed by atoms with E-state index in [1.54, 1.807) is 0 Å². The first kappa shape index (κ1) is 12.6. The molecule has 1 heterocycles. The molecule has 96 valence electrons. The minimum Gasteiger partial charge on any atom is -0.480 e. The molecule has 4 nitrogen and oxygen atoms in total. The predicted molar refractivity (Wildman–Crippen MR) is 71.5 cm³/mol. The number of nitrogens with zero attached hydrogens (tertiary/aromatic N) is 1. The summed E-state index contributed by atoms with van der Waals surface area (Å²) in [6.07, 6.45) is 1.96. The van der Waals surface area contributed by atoms with Gasteiger partial charge >= 0.3 is 5.97 Å². The monoisotopic (exact) mass is 246 g/mol. The van der Waals surface area contributed by atoms with Crippen LogP contribution in [0.15, 0.2) is 30.5 Å². The topological polar surface area (TPSA) is 56.3 Å². The van der Waals surface area contributed by atoms with Crippen molar-refractivity contribution in [1.29, 1.82) is 0 Å². The highest BCUT2D eigenvalue weighted by atomic mass is 16.4. The van der Waals surface area contributed by atoms with E-state index in [4.69, 9.17) is 5.11 Å². The van der Waals surface area contributed by atoms with Crippen LogP contribution in [0.4, 0.5) is 0 Å². The molecule has 0 aliphatic carbocycles. The third kappa shape index (κ3) is 2.71. The van der Waals surface area contributed by atoms with Gasteiger partial charge in [0.1, 0.15) is 0 Å². The molecule has 0 fully saturated rings. The van der Waals surface area contributed by atoms with Crippen LogP contribution in [0.1, 0.15) is 19.4 Å². The van der Waals surface area contributed by atoms with Crippen molar-refractivity contribution in [1.82, 2.24) is 9.88 Å². The standard InChI is InChI=1S/C14H18N2O2/c1-10(2)16(9-14(17)18)8-11-7-15-13-6-4-3-5-12(11)13/h3-7,10,15H,8-9H2,1-2H3,(H,17,18). The van der Waals surface area contributed by atoms with Crippen LogP contribution < -0.4 is 0 Å². The fraction of sp³-hybridized carbons (Fsp3) is 0.357. The Hall–Kier alpha value is -1.81. The number of hydrogen-bond acceptors (Lipinski definition) is 2. The zero-order valence-electron chi connectivity index (χ0n) is 10.7. The van der Waals surface area contributed by atoms with Crippen LogP contribution in [0, 0.1) is 0 Å². The van der Waals surface area contributed by atoms with Gasteiger partial charge in [-0.2, -0.15) is 0 Å². The minimum absolute atomic E-state index is 0.0666. The molecule has 0 radical (unpaired) electrons. The number of hydrogen-bond donors (Lipinski definition) is 2. The molecule has 0 atom stereocenters. The summed E-state index contributed by atoms with van der Waals surface area (Å²) in [6.45, 7) is 4.74. The van der Waals surface area contributed by atoms with E-state index in [9.17, 15) is 4.79 Å². The normalized spacial score (nSPS) is 11.6. The highest BCUT2D eigenvalue weighted by Crippen LogP contribution is 2.20. The summed E-state index contributed by atoms with van der Waals surface area (Å²) in [4.78, 5) is 16.0. The number of carbonyl (C=O) groups is 1. The zero-order valence-corrected chi connectivity index (χ0v) is 10.7. The summed E-state index contributed by atoms with van der Waals surface area (Å²) >= 11 is 0. The first-order chi connectivity index (χ1) is 8.58. The Morgan fingerprint density at radius 2 is 2.11 bits per heavy atom. The van der Waals surface area contributed by atoms with Gasteiger partial charge in [-0.1, -0.05) is 18.2 Å². The molecule has 1 aromatic carbocycles. The fourth-order valence-corrected chi connectivity index (χ4v) is 2.08. The number of carboxylic acid groups (broad SMARTS) is 1. The van der Waals surface area contributed by atoms with Gasteiger partial charge in [-0.05, 0) is 25.5 Å². The molecule has 0 unspecified atom stereocenters. The lowest BCUT2D eigenvalue weighted by molar-refractivity contribution is -0.138. The van der Waals surface area contributed by atoms with Gasteiger partial charge in [0.15, 0.2) is 0 Å². The molecule has 0 saturated carbocycles. The number of para-hydroxylation sites is 1. The third-order valence-corrected chi connectivity index (χ3v) is 3.12. The maximum atomic E-state index is 10.9. The molecule has 18 heavy (non-hydrogen) atoms. The van der Waals surface area contributed by atoms with Gasteiger partial charge < -0.3 is 10.1 Å². The number of carboxylic acids is 1. The van der Waals surface area contributed by atoms with Crippen molar-refractivity contribution in [3.05, 3.63) is 36.0 Å². The summed E-state index contributed by atoms with van der Waals surface area (Å²) < 4.78 is 0. The van der Waals surface area contributed by atoms with Crippen LogP contribution in [-0.4, -0.2) is 33.5 Å². The molecular weight excluding hydrogens is 228 g/mol. The number of aromatic amines is 1. The molecule has 0 spiro atoms. The number of fused-ring (bicyclic) bond motifs is 1. The van der Waals surface area contributed by atoms with Crippen molar-refractivity contribution in [3.63, 3.8) is 0 Å². The van der Waals surface area contributed by atoms with Crippen LogP contribution in [0.3, 0.4) is 0 Å². The second kappa shape index (κ2) is 5.23. The van der Waals surface area contributed by atoms with Crippen LogP contribution in [0.5, 0.6) is 0 Å². The molecule has 0 aliphatic rings. The third-order valence-electron chi connectivity index (χ3n) is 3.12. The number of nitrogens with one attached hydrogen (secondary N) is 1. The summed E-state index contributed by atoms with van der Waals surface area (Å²) in [5.41, 5.74) is 2.23. The quantitative estimate of drug-likeness (QED) is 0.852. The smallest absolute Gasteiger partial charge is 0.317 e. The van der Waals surface area contributed by atoms with E-state index in [1.807, 2.05) is 43.1 Å². The van der Waals surface area contributed by atoms with Gasteiger partial charge in [0, 0.05) is 29.7 Å². The summed E-state index contributed by atoms with van der Waals surface area (Å²) in [6, 6.07) is 8.27. The molecule has 2 N–H and O–H groups in total. The lowest BCUT2D eigenvalue weighted by atomic mass is 10.1. The van der Waals surface area contributed by atoms with E-state index in [0.717, 1.165) is 16.5 Å². The van der Waals surface area contributed by atoms with E-state index in [0.29, 0.717) is 6.54 Å². The number of aromatic nitrogens is 1. The van der Waals surface area contributed by atoms with E-state index in [1.165, 1.54) is 0 Å². The van der Waals surface area contributed by atoms with Crippen LogP contribution in [0.2, 0.25) is 0 Å².